The predicted octanol–water partition coefficient (Wildman–Crippen LogP) is 2.32. The summed E-state index contributed by atoms with van der Waals surface area (Å²) in [5.74, 6) is 0.537. The molecule has 0 saturated carbocycles. The fraction of sp³-hybridized carbons (Fsp3) is 0.312. The van der Waals surface area contributed by atoms with Gasteiger partial charge in [0, 0.05) is 30.3 Å². The molecule has 2 heterocycles. The highest BCUT2D eigenvalue weighted by molar-refractivity contribution is 6.02. The lowest BCUT2D eigenvalue weighted by atomic mass is 10.1. The van der Waals surface area contributed by atoms with Gasteiger partial charge in [-0.3, -0.25) is 14.5 Å². The molecule has 1 fully saturated rings. The van der Waals surface area contributed by atoms with E-state index in [2.05, 4.69) is 10.3 Å². The summed E-state index contributed by atoms with van der Waals surface area (Å²) < 4.78 is 0. The molecular weight excluding hydrogens is 266 g/mol. The quantitative estimate of drug-likeness (QED) is 0.875. The second-order valence-corrected chi connectivity index (χ2v) is 5.09. The summed E-state index contributed by atoms with van der Waals surface area (Å²) in [6, 6.07) is 9.83. The number of carbonyl (C=O) groups excluding carboxylic acids is 2. The zero-order chi connectivity index (χ0) is 14.8. The zero-order valence-electron chi connectivity index (χ0n) is 11.9. The Hall–Kier alpha value is -2.43. The number of hydrogen-bond acceptors (Lipinski definition) is 4. The molecule has 1 aliphatic heterocycles. The van der Waals surface area contributed by atoms with Crippen LogP contribution in [0.4, 0.5) is 5.82 Å². The number of nitrogens with one attached hydrogen (secondary N) is 1. The number of rotatable bonds is 4. The number of likely N-dealkylation sites (tertiary alicyclic amines) is 1. The standard InChI is InChI=1S/C16H17N3O2/c1-2-17-16-12(10-19-14(20)7-8-15(19)21)9-11-5-3-4-6-13(11)18-16/h3-6,9H,2,7-8,10H2,1H3,(H,17,18). The largest absolute Gasteiger partial charge is 0.370 e. The van der Waals surface area contributed by atoms with E-state index in [9.17, 15) is 9.59 Å². The van der Waals surface area contributed by atoms with Crippen molar-refractivity contribution in [3.05, 3.63) is 35.9 Å². The molecular formula is C16H17N3O2. The van der Waals surface area contributed by atoms with Crippen molar-refractivity contribution in [2.24, 2.45) is 0 Å². The van der Waals surface area contributed by atoms with Crippen molar-refractivity contribution in [2.75, 3.05) is 11.9 Å². The first-order valence-corrected chi connectivity index (χ1v) is 7.14. The Kier molecular flexibility index (Phi) is 3.56. The van der Waals surface area contributed by atoms with Crippen molar-refractivity contribution in [1.82, 2.24) is 9.88 Å². The van der Waals surface area contributed by atoms with Crippen LogP contribution in [-0.2, 0) is 16.1 Å². The molecule has 0 atom stereocenters. The number of imide groups is 1. The van der Waals surface area contributed by atoms with Gasteiger partial charge in [-0.05, 0) is 19.1 Å². The number of hydrogen-bond donors (Lipinski definition) is 1. The maximum Gasteiger partial charge on any atom is 0.230 e. The van der Waals surface area contributed by atoms with Crippen LogP contribution in [0.1, 0.15) is 25.3 Å². The van der Waals surface area contributed by atoms with Crippen LogP contribution in [0.15, 0.2) is 30.3 Å². The highest BCUT2D eigenvalue weighted by Crippen LogP contribution is 2.24. The zero-order valence-corrected chi connectivity index (χ0v) is 11.9. The third-order valence-corrected chi connectivity index (χ3v) is 3.63. The maximum absolute atomic E-state index is 11.8. The molecule has 1 N–H and O–H groups in total. The summed E-state index contributed by atoms with van der Waals surface area (Å²) in [6.07, 6.45) is 0.632. The second kappa shape index (κ2) is 5.52. The topological polar surface area (TPSA) is 62.3 Å². The Balaban J connectivity index is 2.01. The Morgan fingerprint density at radius 3 is 2.62 bits per heavy atom. The minimum atomic E-state index is -0.101. The lowest BCUT2D eigenvalue weighted by molar-refractivity contribution is -0.139. The molecule has 0 aliphatic carbocycles. The Labute approximate surface area is 123 Å². The van der Waals surface area contributed by atoms with E-state index in [1.165, 1.54) is 4.90 Å². The average Bonchev–Trinajstić information content (AvgIpc) is 2.80. The third kappa shape index (κ3) is 2.59. The van der Waals surface area contributed by atoms with Crippen molar-refractivity contribution < 1.29 is 9.59 Å². The van der Waals surface area contributed by atoms with Crippen molar-refractivity contribution in [3.8, 4) is 0 Å². The van der Waals surface area contributed by atoms with E-state index in [-0.39, 0.29) is 18.4 Å². The lowest BCUT2D eigenvalue weighted by Gasteiger charge is -2.17. The van der Waals surface area contributed by atoms with Gasteiger partial charge in [0.2, 0.25) is 11.8 Å². The molecule has 1 aromatic heterocycles. The number of amides is 2. The maximum atomic E-state index is 11.8. The normalized spacial score (nSPS) is 15.0. The summed E-state index contributed by atoms with van der Waals surface area (Å²) in [4.78, 5) is 29.5. The first kappa shape index (κ1) is 13.5. The van der Waals surface area contributed by atoms with Gasteiger partial charge in [-0.15, -0.1) is 0 Å². The van der Waals surface area contributed by atoms with Crippen molar-refractivity contribution in [1.29, 1.82) is 0 Å². The van der Waals surface area contributed by atoms with Crippen LogP contribution in [0.25, 0.3) is 10.9 Å². The molecule has 21 heavy (non-hydrogen) atoms. The SMILES string of the molecule is CCNc1nc2ccccc2cc1CN1C(=O)CCC1=O. The smallest absolute Gasteiger partial charge is 0.230 e. The van der Waals surface area contributed by atoms with Crippen LogP contribution in [0.3, 0.4) is 0 Å². The summed E-state index contributed by atoms with van der Waals surface area (Å²) in [5.41, 5.74) is 1.77. The number of carbonyl (C=O) groups is 2. The third-order valence-electron chi connectivity index (χ3n) is 3.63. The van der Waals surface area contributed by atoms with Crippen LogP contribution >= 0.6 is 0 Å². The second-order valence-electron chi connectivity index (χ2n) is 5.09. The molecule has 1 aliphatic rings. The fourth-order valence-corrected chi connectivity index (χ4v) is 2.57. The number of anilines is 1. The number of fused-ring (bicyclic) bond motifs is 1. The van der Waals surface area contributed by atoms with E-state index in [4.69, 9.17) is 0 Å². The number of benzene rings is 1. The molecule has 108 valence electrons. The van der Waals surface area contributed by atoms with Crippen LogP contribution in [0.2, 0.25) is 0 Å². The Morgan fingerprint density at radius 2 is 1.90 bits per heavy atom. The molecule has 2 aromatic rings. The fourth-order valence-electron chi connectivity index (χ4n) is 2.57. The van der Waals surface area contributed by atoms with Crippen LogP contribution in [-0.4, -0.2) is 28.2 Å². The minimum absolute atomic E-state index is 0.101. The highest BCUT2D eigenvalue weighted by Gasteiger charge is 2.29. The molecule has 5 heteroatoms. The molecule has 2 amide bonds. The van der Waals surface area contributed by atoms with E-state index >= 15 is 0 Å². The summed E-state index contributed by atoms with van der Waals surface area (Å²) >= 11 is 0. The van der Waals surface area contributed by atoms with Gasteiger partial charge >= 0.3 is 0 Å². The predicted molar refractivity (Wildman–Crippen MR) is 80.7 cm³/mol. The van der Waals surface area contributed by atoms with Gasteiger partial charge in [0.05, 0.1) is 12.1 Å². The molecule has 0 spiro atoms. The first-order chi connectivity index (χ1) is 10.2. The highest BCUT2D eigenvalue weighted by atomic mass is 16.2. The number of nitrogens with zero attached hydrogens (tertiary/aromatic N) is 2. The lowest BCUT2D eigenvalue weighted by Crippen LogP contribution is -2.28. The van der Waals surface area contributed by atoms with Crippen LogP contribution in [0.5, 0.6) is 0 Å². The van der Waals surface area contributed by atoms with Gasteiger partial charge in [0.1, 0.15) is 5.82 Å². The van der Waals surface area contributed by atoms with Gasteiger partial charge in [-0.25, -0.2) is 4.98 Å². The summed E-state index contributed by atoms with van der Waals surface area (Å²) in [5, 5.41) is 4.22. The van der Waals surface area contributed by atoms with Crippen molar-refractivity contribution >= 4 is 28.5 Å². The van der Waals surface area contributed by atoms with E-state index in [0.717, 1.165) is 28.8 Å². The monoisotopic (exact) mass is 283 g/mol. The van der Waals surface area contributed by atoms with Gasteiger partial charge in [0.15, 0.2) is 0 Å². The summed E-state index contributed by atoms with van der Waals surface area (Å²) in [7, 11) is 0. The number of para-hydroxylation sites is 1. The van der Waals surface area contributed by atoms with E-state index in [0.29, 0.717) is 12.8 Å². The van der Waals surface area contributed by atoms with Crippen molar-refractivity contribution in [2.45, 2.75) is 26.3 Å². The molecule has 1 aromatic carbocycles. The molecule has 0 radical (unpaired) electrons. The van der Waals surface area contributed by atoms with E-state index in [1.54, 1.807) is 0 Å². The average molecular weight is 283 g/mol. The Bertz CT molecular complexity index is 696. The molecule has 0 unspecified atom stereocenters. The summed E-state index contributed by atoms with van der Waals surface area (Å²) in [6.45, 7) is 3.02. The minimum Gasteiger partial charge on any atom is -0.370 e. The van der Waals surface area contributed by atoms with Crippen LogP contribution in [0, 0.1) is 0 Å². The van der Waals surface area contributed by atoms with E-state index in [1.807, 2.05) is 37.3 Å². The van der Waals surface area contributed by atoms with Gasteiger partial charge in [0.25, 0.3) is 0 Å². The molecule has 1 saturated heterocycles. The first-order valence-electron chi connectivity index (χ1n) is 7.14. The van der Waals surface area contributed by atoms with Crippen molar-refractivity contribution in [3.63, 3.8) is 0 Å². The van der Waals surface area contributed by atoms with Gasteiger partial charge in [-0.1, -0.05) is 18.2 Å². The molecule has 3 rings (SSSR count). The van der Waals surface area contributed by atoms with Crippen LogP contribution < -0.4 is 5.32 Å². The molecule has 5 nitrogen and oxygen atoms in total. The Morgan fingerprint density at radius 1 is 1.19 bits per heavy atom. The van der Waals surface area contributed by atoms with Gasteiger partial charge < -0.3 is 5.32 Å². The van der Waals surface area contributed by atoms with E-state index < -0.39 is 0 Å². The molecule has 0 bridgehead atoms. The number of pyridine rings is 1. The van der Waals surface area contributed by atoms with Gasteiger partial charge in [-0.2, -0.15) is 0 Å². The number of aromatic nitrogens is 1.